The number of hydrogen-bond donors (Lipinski definition) is 2. The summed E-state index contributed by atoms with van der Waals surface area (Å²) in [4.78, 5) is 12.4. The molecule has 1 aliphatic carbocycles. The van der Waals surface area contributed by atoms with Gasteiger partial charge in [-0.25, -0.2) is 0 Å². The van der Waals surface area contributed by atoms with E-state index in [4.69, 9.17) is 0 Å². The Morgan fingerprint density at radius 3 is 3.10 bits per heavy atom. The van der Waals surface area contributed by atoms with Crippen LogP contribution in [0.25, 0.3) is 0 Å². The number of rotatable bonds is 5. The lowest BCUT2D eigenvalue weighted by atomic mass is 9.97. The zero-order chi connectivity index (χ0) is 14.7. The maximum absolute atomic E-state index is 12.4. The van der Waals surface area contributed by atoms with E-state index in [2.05, 4.69) is 35.8 Å². The molecule has 0 aromatic heterocycles. The Bertz CT molecular complexity index is 505. The third kappa shape index (κ3) is 3.37. The number of nitrogens with one attached hydrogen (secondary N) is 2. The van der Waals surface area contributed by atoms with Crippen LogP contribution in [0.5, 0.6) is 0 Å². The lowest BCUT2D eigenvalue weighted by Crippen LogP contribution is -2.39. The maximum Gasteiger partial charge on any atom is 0.220 e. The number of fused-ring (bicyclic) bond motifs is 1. The molecule has 3 nitrogen and oxygen atoms in total. The van der Waals surface area contributed by atoms with Crippen LogP contribution in [-0.2, 0) is 4.79 Å². The second-order valence-electron chi connectivity index (χ2n) is 5.97. The van der Waals surface area contributed by atoms with Gasteiger partial charge in [0.25, 0.3) is 0 Å². The minimum Gasteiger partial charge on any atom is -0.384 e. The van der Waals surface area contributed by atoms with E-state index in [1.165, 1.54) is 24.1 Å². The van der Waals surface area contributed by atoms with Gasteiger partial charge >= 0.3 is 0 Å². The maximum atomic E-state index is 12.4. The first-order valence-corrected chi connectivity index (χ1v) is 9.06. The number of benzene rings is 1. The molecule has 0 bridgehead atoms. The summed E-state index contributed by atoms with van der Waals surface area (Å²) in [5.74, 6) is 1.67. The van der Waals surface area contributed by atoms with Crippen LogP contribution in [0.4, 0.5) is 5.69 Å². The van der Waals surface area contributed by atoms with Crippen LogP contribution < -0.4 is 10.6 Å². The number of amides is 1. The molecule has 1 aliphatic heterocycles. The summed E-state index contributed by atoms with van der Waals surface area (Å²) >= 11 is 1.99. The lowest BCUT2D eigenvalue weighted by Gasteiger charge is -2.21. The van der Waals surface area contributed by atoms with Crippen LogP contribution in [0.2, 0.25) is 0 Å². The fraction of sp³-hybridized carbons (Fsp3) is 0.588. The number of hydrogen-bond acceptors (Lipinski definition) is 3. The average Bonchev–Trinajstić information content (AvgIpc) is 3.08. The van der Waals surface area contributed by atoms with Crippen LogP contribution in [0.3, 0.4) is 0 Å². The Morgan fingerprint density at radius 1 is 1.38 bits per heavy atom. The van der Waals surface area contributed by atoms with E-state index in [-0.39, 0.29) is 5.91 Å². The van der Waals surface area contributed by atoms with Crippen molar-refractivity contribution < 1.29 is 4.79 Å². The summed E-state index contributed by atoms with van der Waals surface area (Å²) in [6, 6.07) is 8.71. The average molecular weight is 304 g/mol. The van der Waals surface area contributed by atoms with Crippen molar-refractivity contribution >= 4 is 23.4 Å². The van der Waals surface area contributed by atoms with E-state index < -0.39 is 0 Å². The second-order valence-corrected chi connectivity index (χ2v) is 7.48. The third-order valence-corrected chi connectivity index (χ3v) is 5.88. The van der Waals surface area contributed by atoms with Gasteiger partial charge in [0, 0.05) is 35.9 Å². The van der Waals surface area contributed by atoms with Gasteiger partial charge in [-0.3, -0.25) is 4.79 Å². The predicted molar refractivity (Wildman–Crippen MR) is 90.0 cm³/mol. The number of carbonyl (C=O) groups excluding carboxylic acids is 1. The lowest BCUT2D eigenvalue weighted by molar-refractivity contribution is -0.122. The Morgan fingerprint density at radius 2 is 2.24 bits per heavy atom. The van der Waals surface area contributed by atoms with Crippen molar-refractivity contribution in [2.45, 2.75) is 49.8 Å². The molecular weight excluding hydrogens is 280 g/mol. The minimum absolute atomic E-state index is 0.215. The fourth-order valence-electron chi connectivity index (χ4n) is 3.53. The Balaban J connectivity index is 1.55. The third-order valence-electron chi connectivity index (χ3n) is 4.55. The zero-order valence-electron chi connectivity index (χ0n) is 12.6. The molecule has 1 aromatic carbocycles. The molecule has 3 rings (SSSR count). The van der Waals surface area contributed by atoms with Crippen LogP contribution in [0.1, 0.15) is 44.1 Å². The molecule has 114 valence electrons. The fourth-order valence-corrected chi connectivity index (χ4v) is 4.73. The van der Waals surface area contributed by atoms with Gasteiger partial charge < -0.3 is 10.6 Å². The molecule has 1 amide bonds. The summed E-state index contributed by atoms with van der Waals surface area (Å²) in [6.45, 7) is 3.08. The van der Waals surface area contributed by atoms with Gasteiger partial charge in [-0.1, -0.05) is 31.5 Å². The summed E-state index contributed by atoms with van der Waals surface area (Å²) in [5.41, 5.74) is 2.48. The molecule has 0 saturated heterocycles. The quantitative estimate of drug-likeness (QED) is 0.876. The number of para-hydroxylation sites is 1. The number of thioether (sulfide) groups is 1. The summed E-state index contributed by atoms with van der Waals surface area (Å²) < 4.78 is 0. The molecular formula is C17H24N2OS. The first-order valence-electron chi connectivity index (χ1n) is 8.01. The van der Waals surface area contributed by atoms with Gasteiger partial charge in [0.1, 0.15) is 0 Å². The van der Waals surface area contributed by atoms with Crippen LogP contribution in [-0.4, -0.2) is 29.5 Å². The van der Waals surface area contributed by atoms with E-state index >= 15 is 0 Å². The van der Waals surface area contributed by atoms with E-state index in [9.17, 15) is 4.79 Å². The zero-order valence-corrected chi connectivity index (χ0v) is 13.4. The van der Waals surface area contributed by atoms with Gasteiger partial charge in [0.2, 0.25) is 5.91 Å². The molecule has 4 heteroatoms. The molecule has 1 heterocycles. The monoisotopic (exact) mass is 304 g/mol. The first-order chi connectivity index (χ1) is 10.3. The van der Waals surface area contributed by atoms with Gasteiger partial charge in [0.15, 0.2) is 0 Å². The molecule has 3 atom stereocenters. The molecule has 1 fully saturated rings. The summed E-state index contributed by atoms with van der Waals surface area (Å²) in [5, 5.41) is 7.30. The number of carbonyl (C=O) groups is 1. The van der Waals surface area contributed by atoms with Gasteiger partial charge in [0.05, 0.1) is 0 Å². The van der Waals surface area contributed by atoms with Gasteiger partial charge in [-0.2, -0.15) is 11.8 Å². The van der Waals surface area contributed by atoms with Crippen molar-refractivity contribution in [1.82, 2.24) is 5.32 Å². The van der Waals surface area contributed by atoms with Gasteiger partial charge in [-0.05, 0) is 30.2 Å². The standard InChI is InChI=1S/C17H24N2OS/c1-2-21-16-9-5-8-15(16)19-17(20)10-12-11-18-14-7-4-3-6-13(12)14/h3-4,6-7,12,15-16,18H,2,5,8-11H2,1H3,(H,19,20). The largest absolute Gasteiger partial charge is 0.384 e. The van der Waals surface area contributed by atoms with E-state index in [0.717, 1.165) is 18.7 Å². The highest BCUT2D eigenvalue weighted by molar-refractivity contribution is 7.99. The topological polar surface area (TPSA) is 41.1 Å². The highest BCUT2D eigenvalue weighted by Gasteiger charge is 2.30. The Labute approximate surface area is 131 Å². The van der Waals surface area contributed by atoms with Crippen molar-refractivity contribution in [1.29, 1.82) is 0 Å². The van der Waals surface area contributed by atoms with Crippen molar-refractivity contribution in [3.63, 3.8) is 0 Å². The van der Waals surface area contributed by atoms with Crippen molar-refractivity contribution in [3.8, 4) is 0 Å². The Hall–Kier alpha value is -1.16. The van der Waals surface area contributed by atoms with Crippen molar-refractivity contribution in [2.75, 3.05) is 17.6 Å². The van der Waals surface area contributed by atoms with Crippen LogP contribution >= 0.6 is 11.8 Å². The SMILES string of the molecule is CCSC1CCCC1NC(=O)CC1CNc2ccccc21. The molecule has 3 unspecified atom stereocenters. The summed E-state index contributed by atoms with van der Waals surface area (Å²) in [6.07, 6.45) is 4.24. The Kier molecular flexibility index (Phi) is 4.73. The second kappa shape index (κ2) is 6.73. The molecule has 1 saturated carbocycles. The highest BCUT2D eigenvalue weighted by Crippen LogP contribution is 2.34. The van der Waals surface area contributed by atoms with E-state index in [1.54, 1.807) is 0 Å². The van der Waals surface area contributed by atoms with Crippen molar-refractivity contribution in [3.05, 3.63) is 29.8 Å². The normalized spacial score (nSPS) is 27.2. The first kappa shape index (κ1) is 14.8. The molecule has 2 aliphatic rings. The van der Waals surface area contributed by atoms with E-state index in [1.807, 2.05) is 17.8 Å². The van der Waals surface area contributed by atoms with E-state index in [0.29, 0.717) is 23.6 Å². The molecule has 0 radical (unpaired) electrons. The van der Waals surface area contributed by atoms with Gasteiger partial charge in [-0.15, -0.1) is 0 Å². The summed E-state index contributed by atoms with van der Waals surface area (Å²) in [7, 11) is 0. The smallest absolute Gasteiger partial charge is 0.220 e. The van der Waals surface area contributed by atoms with Crippen molar-refractivity contribution in [2.24, 2.45) is 0 Å². The minimum atomic E-state index is 0.215. The van der Waals surface area contributed by atoms with Crippen LogP contribution in [0, 0.1) is 0 Å². The highest BCUT2D eigenvalue weighted by atomic mass is 32.2. The molecule has 0 spiro atoms. The van der Waals surface area contributed by atoms with Crippen LogP contribution in [0.15, 0.2) is 24.3 Å². The number of anilines is 1. The molecule has 21 heavy (non-hydrogen) atoms. The molecule has 1 aromatic rings. The molecule has 2 N–H and O–H groups in total. The predicted octanol–water partition coefficient (Wildman–Crippen LogP) is 3.38.